The molecule has 0 atom stereocenters. The molecule has 0 fully saturated rings. The Labute approximate surface area is 99.4 Å². The fourth-order valence-corrected chi connectivity index (χ4v) is 1.36. The van der Waals surface area contributed by atoms with E-state index >= 15 is 0 Å². The van der Waals surface area contributed by atoms with E-state index < -0.39 is 0 Å². The first-order chi connectivity index (χ1) is 7.60. The van der Waals surface area contributed by atoms with Gasteiger partial charge >= 0.3 is 0 Å². The smallest absolute Gasteiger partial charge is 0.0351 e. The van der Waals surface area contributed by atoms with Gasteiger partial charge in [0.1, 0.15) is 0 Å². The predicted molar refractivity (Wildman–Crippen MR) is 71.1 cm³/mol. The van der Waals surface area contributed by atoms with Crippen LogP contribution in [-0.4, -0.2) is 44.7 Å². The highest BCUT2D eigenvalue weighted by molar-refractivity contribution is 5.16. The van der Waals surface area contributed by atoms with Crippen molar-refractivity contribution in [3.63, 3.8) is 0 Å². The van der Waals surface area contributed by atoms with Crippen LogP contribution in [0.3, 0.4) is 0 Å². The lowest BCUT2D eigenvalue weighted by atomic mass is 10.2. The van der Waals surface area contributed by atoms with Crippen LogP contribution in [0.1, 0.15) is 13.8 Å². The highest BCUT2D eigenvalue weighted by atomic mass is 15.1. The van der Waals surface area contributed by atoms with Crippen molar-refractivity contribution in [1.29, 1.82) is 0 Å². The van der Waals surface area contributed by atoms with Crippen LogP contribution in [0.5, 0.6) is 0 Å². The zero-order valence-corrected chi connectivity index (χ0v) is 10.8. The molecule has 0 saturated carbocycles. The Hall–Kier alpha value is -0.840. The van der Waals surface area contributed by atoms with E-state index in [0.29, 0.717) is 6.54 Å². The fraction of sp³-hybridized carbons (Fsp3) is 0.667. The molecular formula is C12H26N4. The number of nitrogens with one attached hydrogen (secondary N) is 1. The lowest BCUT2D eigenvalue weighted by Gasteiger charge is -2.15. The number of rotatable bonds is 8. The second-order valence-electron chi connectivity index (χ2n) is 4.06. The maximum absolute atomic E-state index is 5.82. The van der Waals surface area contributed by atoms with Gasteiger partial charge in [-0.1, -0.05) is 18.6 Å². The minimum absolute atomic E-state index is 0.697. The Kier molecular flexibility index (Phi) is 8.90. The van der Waals surface area contributed by atoms with E-state index in [9.17, 15) is 0 Å². The second-order valence-corrected chi connectivity index (χ2v) is 4.06. The molecule has 0 rings (SSSR count). The van der Waals surface area contributed by atoms with Crippen molar-refractivity contribution in [3.8, 4) is 0 Å². The summed E-state index contributed by atoms with van der Waals surface area (Å²) in [6.45, 7) is 8.40. The minimum atomic E-state index is 0.697. The largest absolute Gasteiger partial charge is 0.401 e. The summed E-state index contributed by atoms with van der Waals surface area (Å²) in [5, 5.41) is 3.18. The molecule has 0 bridgehead atoms. The molecule has 94 valence electrons. The van der Waals surface area contributed by atoms with E-state index in [0.717, 1.165) is 31.9 Å². The molecule has 4 nitrogen and oxygen atoms in total. The van der Waals surface area contributed by atoms with Crippen LogP contribution in [0, 0.1) is 0 Å². The predicted octanol–water partition coefficient (Wildman–Crippen LogP) is 0.275. The van der Waals surface area contributed by atoms with Gasteiger partial charge in [-0.05, 0) is 26.6 Å². The lowest BCUT2D eigenvalue weighted by molar-refractivity contribution is 0.372. The van der Waals surface area contributed by atoms with Crippen LogP contribution in [-0.2, 0) is 0 Å². The number of allylic oxidation sites excluding steroid dienone is 2. The Bertz CT molecular complexity index is 233. The van der Waals surface area contributed by atoms with E-state index in [2.05, 4.69) is 37.2 Å². The molecule has 0 spiro atoms. The number of hydrogen-bond acceptors (Lipinski definition) is 4. The molecule has 4 heteroatoms. The van der Waals surface area contributed by atoms with Gasteiger partial charge in [0.2, 0.25) is 0 Å². The molecule has 5 N–H and O–H groups in total. The Morgan fingerprint density at radius 3 is 2.62 bits per heavy atom. The standard InChI is InChI=1S/C12H26N4/c1-4-15-9-12(14)6-5-11(2)10-16(3)8-7-13/h5-6,15H,4,7-10,13-14H2,1-3H3/b11-5+,12-6-. The number of hydrogen-bond donors (Lipinski definition) is 3. The third-order valence-corrected chi connectivity index (χ3v) is 2.19. The second kappa shape index (κ2) is 9.39. The van der Waals surface area contributed by atoms with Crippen LogP contribution in [0.25, 0.3) is 0 Å². The minimum Gasteiger partial charge on any atom is -0.401 e. The third-order valence-electron chi connectivity index (χ3n) is 2.19. The summed E-state index contributed by atoms with van der Waals surface area (Å²) in [5.41, 5.74) is 13.4. The van der Waals surface area contributed by atoms with Crippen molar-refractivity contribution >= 4 is 0 Å². The van der Waals surface area contributed by atoms with E-state index in [-0.39, 0.29) is 0 Å². The SMILES string of the molecule is CCNC/C(N)=C/C=C(\C)CN(C)CCN. The van der Waals surface area contributed by atoms with Crippen molar-refractivity contribution in [3.05, 3.63) is 23.4 Å². The van der Waals surface area contributed by atoms with Gasteiger partial charge in [-0.2, -0.15) is 0 Å². The lowest BCUT2D eigenvalue weighted by Crippen LogP contribution is -2.26. The highest BCUT2D eigenvalue weighted by Gasteiger charge is 1.96. The van der Waals surface area contributed by atoms with E-state index in [1.807, 2.05) is 6.08 Å². The quantitative estimate of drug-likeness (QED) is 0.520. The van der Waals surface area contributed by atoms with E-state index in [1.54, 1.807) is 0 Å². The fourth-order valence-electron chi connectivity index (χ4n) is 1.36. The van der Waals surface area contributed by atoms with Gasteiger partial charge in [0.15, 0.2) is 0 Å². The van der Waals surface area contributed by atoms with Crippen LogP contribution in [0.15, 0.2) is 23.4 Å². The Morgan fingerprint density at radius 2 is 2.06 bits per heavy atom. The number of likely N-dealkylation sites (N-methyl/N-ethyl adjacent to an activating group) is 2. The zero-order chi connectivity index (χ0) is 12.4. The molecule has 0 unspecified atom stereocenters. The average Bonchev–Trinajstić information content (AvgIpc) is 2.23. The molecule has 0 aromatic carbocycles. The molecule has 0 aliphatic heterocycles. The van der Waals surface area contributed by atoms with E-state index in [4.69, 9.17) is 11.5 Å². The van der Waals surface area contributed by atoms with Crippen molar-refractivity contribution in [1.82, 2.24) is 10.2 Å². The molecule has 0 aliphatic rings. The first-order valence-electron chi connectivity index (χ1n) is 5.81. The average molecular weight is 226 g/mol. The van der Waals surface area contributed by atoms with Crippen LogP contribution in [0.4, 0.5) is 0 Å². The Morgan fingerprint density at radius 1 is 1.38 bits per heavy atom. The topological polar surface area (TPSA) is 67.3 Å². The van der Waals surface area contributed by atoms with Crippen LogP contribution < -0.4 is 16.8 Å². The van der Waals surface area contributed by atoms with Gasteiger partial charge in [-0.25, -0.2) is 0 Å². The summed E-state index contributed by atoms with van der Waals surface area (Å²) in [5.74, 6) is 0. The normalized spacial score (nSPS) is 13.6. The van der Waals surface area contributed by atoms with Gasteiger partial charge in [-0.3, -0.25) is 0 Å². The van der Waals surface area contributed by atoms with E-state index in [1.165, 1.54) is 5.57 Å². The summed E-state index contributed by atoms with van der Waals surface area (Å²) in [6.07, 6.45) is 4.04. The molecule has 0 aromatic heterocycles. The van der Waals surface area contributed by atoms with Gasteiger partial charge in [0.25, 0.3) is 0 Å². The molecule has 0 aromatic rings. The van der Waals surface area contributed by atoms with Crippen LogP contribution >= 0.6 is 0 Å². The molecule has 16 heavy (non-hydrogen) atoms. The Balaban J connectivity index is 4.01. The molecule has 0 amide bonds. The highest BCUT2D eigenvalue weighted by Crippen LogP contribution is 1.97. The zero-order valence-electron chi connectivity index (χ0n) is 10.8. The van der Waals surface area contributed by atoms with Crippen molar-refractivity contribution in [2.45, 2.75) is 13.8 Å². The number of nitrogens with two attached hydrogens (primary N) is 2. The molecule has 0 radical (unpaired) electrons. The molecule has 0 heterocycles. The third kappa shape index (κ3) is 8.47. The molecule has 0 aliphatic carbocycles. The first kappa shape index (κ1) is 15.2. The molecular weight excluding hydrogens is 200 g/mol. The van der Waals surface area contributed by atoms with Crippen molar-refractivity contribution < 1.29 is 0 Å². The summed E-state index contributed by atoms with van der Waals surface area (Å²) in [4.78, 5) is 2.19. The van der Waals surface area contributed by atoms with Gasteiger partial charge in [0.05, 0.1) is 0 Å². The van der Waals surface area contributed by atoms with Crippen LogP contribution in [0.2, 0.25) is 0 Å². The molecule has 0 saturated heterocycles. The summed E-state index contributed by atoms with van der Waals surface area (Å²) >= 11 is 0. The van der Waals surface area contributed by atoms with Gasteiger partial charge in [0, 0.05) is 31.9 Å². The summed E-state index contributed by atoms with van der Waals surface area (Å²) < 4.78 is 0. The monoisotopic (exact) mass is 226 g/mol. The van der Waals surface area contributed by atoms with Gasteiger partial charge < -0.3 is 21.7 Å². The summed E-state index contributed by atoms with van der Waals surface area (Å²) in [7, 11) is 2.07. The maximum atomic E-state index is 5.82. The van der Waals surface area contributed by atoms with Gasteiger partial charge in [-0.15, -0.1) is 0 Å². The maximum Gasteiger partial charge on any atom is 0.0351 e. The number of nitrogens with zero attached hydrogens (tertiary/aromatic N) is 1. The van der Waals surface area contributed by atoms with Crippen molar-refractivity contribution in [2.75, 3.05) is 39.8 Å². The van der Waals surface area contributed by atoms with Crippen molar-refractivity contribution in [2.24, 2.45) is 11.5 Å². The summed E-state index contributed by atoms with van der Waals surface area (Å²) in [6, 6.07) is 0. The first-order valence-corrected chi connectivity index (χ1v) is 5.81.